The first-order chi connectivity index (χ1) is 19.7. The first-order valence-corrected chi connectivity index (χ1v) is 17.4. The molecule has 216 valence electrons. The Morgan fingerprint density at radius 1 is 1.32 bits per heavy atom. The van der Waals surface area contributed by atoms with Gasteiger partial charge in [0.1, 0.15) is 27.1 Å². The number of thiophene rings is 1. The standard InChI is InChI=1S/C22H19ClN6O6S6/c23-16-10(27-22(25)41-16)11(28-35)17(31)26-12-18(32)29-13(20(33)34)9(6-38-19(12)29)40-21-7(5-36-4-2-24)14(30)15-8(39-21)1-3-37-15/h1,3,12,19,35H,2,4-6,24H2,(H2,25,27)(H,26,31)(H,33,34)/t12?,19-/m0/s1. The van der Waals surface area contributed by atoms with Crippen LogP contribution >= 0.6 is 80.9 Å². The predicted octanol–water partition coefficient (Wildman–Crippen LogP) is 2.87. The molecule has 19 heteroatoms. The summed E-state index contributed by atoms with van der Waals surface area (Å²) in [6.07, 6.45) is 0. The lowest BCUT2D eigenvalue weighted by Crippen LogP contribution is -2.71. The van der Waals surface area contributed by atoms with E-state index < -0.39 is 34.9 Å². The van der Waals surface area contributed by atoms with E-state index in [9.17, 15) is 29.5 Å². The monoisotopic (exact) mass is 690 g/mol. The van der Waals surface area contributed by atoms with Crippen LogP contribution in [0.25, 0.3) is 9.40 Å². The van der Waals surface area contributed by atoms with Crippen LogP contribution in [0.15, 0.2) is 36.2 Å². The zero-order chi connectivity index (χ0) is 29.4. The molecule has 5 rings (SSSR count). The number of halogens is 1. The molecule has 3 aromatic rings. The Labute approximate surface area is 261 Å². The predicted molar refractivity (Wildman–Crippen MR) is 167 cm³/mol. The number of nitrogens with zero attached hydrogens (tertiary/aromatic N) is 3. The first-order valence-electron chi connectivity index (χ1n) is 11.5. The summed E-state index contributed by atoms with van der Waals surface area (Å²) in [4.78, 5) is 57.1. The first kappa shape index (κ1) is 30.1. The summed E-state index contributed by atoms with van der Waals surface area (Å²) in [5.41, 5.74) is 10.8. The molecule has 1 fully saturated rings. The number of carboxylic acid groups (broad SMARTS) is 1. The van der Waals surface area contributed by atoms with Crippen LogP contribution in [0.4, 0.5) is 5.13 Å². The zero-order valence-electron chi connectivity index (χ0n) is 20.5. The second kappa shape index (κ2) is 12.5. The highest BCUT2D eigenvalue weighted by Crippen LogP contribution is 2.47. The van der Waals surface area contributed by atoms with E-state index in [2.05, 4.69) is 15.5 Å². The molecule has 41 heavy (non-hydrogen) atoms. The van der Waals surface area contributed by atoms with E-state index in [1.807, 2.05) is 11.4 Å². The average Bonchev–Trinajstić information content (AvgIpc) is 3.54. The van der Waals surface area contributed by atoms with Gasteiger partial charge in [0, 0.05) is 34.3 Å². The summed E-state index contributed by atoms with van der Waals surface area (Å²) in [5, 5.41) is 26.2. The molecule has 7 N–H and O–H groups in total. The number of hydrogen-bond donors (Lipinski definition) is 5. The van der Waals surface area contributed by atoms with E-state index in [1.165, 1.54) is 58.0 Å². The van der Waals surface area contributed by atoms with Crippen molar-refractivity contribution >= 4 is 119 Å². The number of aromatic nitrogens is 1. The van der Waals surface area contributed by atoms with Crippen LogP contribution in [0.2, 0.25) is 4.34 Å². The number of nitrogen functional groups attached to an aromatic ring is 1. The van der Waals surface area contributed by atoms with Gasteiger partial charge in [0.05, 0.1) is 13.6 Å². The third-order valence-corrected chi connectivity index (χ3v) is 13.0. The van der Waals surface area contributed by atoms with Crippen molar-refractivity contribution in [3.05, 3.63) is 47.9 Å². The molecule has 1 saturated heterocycles. The molecule has 12 nitrogen and oxygen atoms in total. The number of carboxylic acids is 1. The van der Waals surface area contributed by atoms with E-state index in [-0.39, 0.29) is 32.0 Å². The van der Waals surface area contributed by atoms with Crippen molar-refractivity contribution in [1.82, 2.24) is 15.2 Å². The minimum Gasteiger partial charge on any atom is -0.477 e. The number of amides is 2. The maximum absolute atomic E-state index is 13.3. The van der Waals surface area contributed by atoms with Gasteiger partial charge in [-0.1, -0.05) is 39.9 Å². The fraction of sp³-hybridized carbons (Fsp3) is 0.273. The molecule has 1 unspecified atom stereocenters. The van der Waals surface area contributed by atoms with Crippen LogP contribution in [0, 0.1) is 0 Å². The third-order valence-electron chi connectivity index (χ3n) is 5.85. The van der Waals surface area contributed by atoms with Crippen LogP contribution in [0.3, 0.4) is 0 Å². The molecule has 2 amide bonds. The van der Waals surface area contributed by atoms with Crippen LogP contribution in [-0.4, -0.2) is 73.2 Å². The highest BCUT2D eigenvalue weighted by Gasteiger charge is 2.54. The van der Waals surface area contributed by atoms with Gasteiger partial charge in [-0.05, 0) is 11.4 Å². The zero-order valence-corrected chi connectivity index (χ0v) is 26.1. The van der Waals surface area contributed by atoms with E-state index in [0.29, 0.717) is 37.4 Å². The highest BCUT2D eigenvalue weighted by atomic mass is 35.5. The number of fused-ring (bicyclic) bond motifs is 2. The number of carbonyl (C=O) groups is 3. The molecule has 5 heterocycles. The van der Waals surface area contributed by atoms with Gasteiger partial charge >= 0.3 is 5.97 Å². The highest BCUT2D eigenvalue weighted by molar-refractivity contribution is 8.07. The second-order valence-electron chi connectivity index (χ2n) is 8.32. The van der Waals surface area contributed by atoms with E-state index in [4.69, 9.17) is 23.1 Å². The van der Waals surface area contributed by atoms with Crippen molar-refractivity contribution in [2.24, 2.45) is 10.9 Å². The van der Waals surface area contributed by atoms with Gasteiger partial charge in [-0.3, -0.25) is 19.3 Å². The summed E-state index contributed by atoms with van der Waals surface area (Å²) in [5.74, 6) is -1.56. The van der Waals surface area contributed by atoms with Crippen molar-refractivity contribution < 1.29 is 24.7 Å². The molecular weight excluding hydrogens is 672 g/mol. The molecular formula is C22H19ClN6O6S6. The Morgan fingerprint density at radius 3 is 2.76 bits per heavy atom. The fourth-order valence-electron chi connectivity index (χ4n) is 4.05. The molecule has 0 spiro atoms. The van der Waals surface area contributed by atoms with Crippen molar-refractivity contribution in [1.29, 1.82) is 0 Å². The normalized spacial score (nSPS) is 18.9. The number of thiazole rings is 1. The van der Waals surface area contributed by atoms with Gasteiger partial charge < -0.3 is 27.1 Å². The summed E-state index contributed by atoms with van der Waals surface area (Å²) >= 11 is 13.6. The van der Waals surface area contributed by atoms with Crippen LogP contribution in [0.1, 0.15) is 11.3 Å². The lowest BCUT2D eigenvalue weighted by atomic mass is 10.0. The number of aliphatic carboxylic acids is 1. The Balaban J connectivity index is 1.41. The molecule has 0 saturated carbocycles. The number of rotatable bonds is 10. The van der Waals surface area contributed by atoms with E-state index in [1.54, 1.807) is 0 Å². The molecule has 2 aliphatic heterocycles. The summed E-state index contributed by atoms with van der Waals surface area (Å²) in [6, 6.07) is 0.773. The van der Waals surface area contributed by atoms with Gasteiger partial charge in [-0.15, -0.1) is 34.4 Å². The van der Waals surface area contributed by atoms with Crippen molar-refractivity contribution in [2.75, 3.05) is 23.8 Å². The number of carbonyl (C=O) groups excluding carboxylic acids is 2. The molecule has 0 aliphatic carbocycles. The Kier molecular flexibility index (Phi) is 9.19. The molecule has 2 aliphatic rings. The minimum atomic E-state index is -1.30. The SMILES string of the molecule is NCCSCc1c(SC2=C(C(=O)O)N3C(=O)C(NC(=O)C(=NO)c4nc(N)sc4Cl)[C@@H]3SC2)sc2ccsc2c1=O. The summed E-state index contributed by atoms with van der Waals surface area (Å²) in [7, 11) is 0. The molecule has 0 bridgehead atoms. The Hall–Kier alpha value is -2.32. The van der Waals surface area contributed by atoms with Gasteiger partial charge in [0.2, 0.25) is 5.43 Å². The van der Waals surface area contributed by atoms with Crippen LogP contribution in [0.5, 0.6) is 0 Å². The number of thioether (sulfide) groups is 3. The molecule has 0 radical (unpaired) electrons. The number of nitrogens with one attached hydrogen (secondary N) is 1. The maximum Gasteiger partial charge on any atom is 0.353 e. The summed E-state index contributed by atoms with van der Waals surface area (Å²) < 4.78 is 2.15. The van der Waals surface area contributed by atoms with Crippen LogP contribution in [-0.2, 0) is 20.1 Å². The van der Waals surface area contributed by atoms with Crippen LogP contribution < -0.4 is 22.2 Å². The molecule has 2 atom stereocenters. The van der Waals surface area contributed by atoms with E-state index >= 15 is 0 Å². The average molecular weight is 691 g/mol. The fourth-order valence-corrected chi connectivity index (χ4v) is 11.0. The van der Waals surface area contributed by atoms with Crippen molar-refractivity contribution in [2.45, 2.75) is 21.4 Å². The lowest BCUT2D eigenvalue weighted by Gasteiger charge is -2.49. The van der Waals surface area contributed by atoms with Gasteiger partial charge in [-0.2, -0.15) is 11.8 Å². The van der Waals surface area contributed by atoms with Crippen molar-refractivity contribution in [3.63, 3.8) is 0 Å². The Bertz CT molecular complexity index is 1680. The van der Waals surface area contributed by atoms with Gasteiger partial charge in [-0.25, -0.2) is 9.78 Å². The summed E-state index contributed by atoms with van der Waals surface area (Å²) in [6.45, 7) is 0.462. The largest absolute Gasteiger partial charge is 0.477 e. The maximum atomic E-state index is 13.3. The smallest absolute Gasteiger partial charge is 0.353 e. The van der Waals surface area contributed by atoms with Gasteiger partial charge in [0.15, 0.2) is 10.8 Å². The number of anilines is 1. The molecule has 3 aromatic heterocycles. The Morgan fingerprint density at radius 2 is 2.10 bits per heavy atom. The lowest BCUT2D eigenvalue weighted by molar-refractivity contribution is -0.150. The second-order valence-corrected chi connectivity index (χ2v) is 15.5. The van der Waals surface area contributed by atoms with Gasteiger partial charge in [0.25, 0.3) is 11.8 Å². The third kappa shape index (κ3) is 5.71. The minimum absolute atomic E-state index is 0.0283. The van der Waals surface area contributed by atoms with Crippen molar-refractivity contribution in [3.8, 4) is 0 Å². The number of nitrogens with two attached hydrogens (primary N) is 2. The number of hydrogen-bond acceptors (Lipinski definition) is 15. The number of β-lactam (4-membered cyclic amide) rings is 1. The van der Waals surface area contributed by atoms with E-state index in [0.717, 1.165) is 20.9 Å². The molecule has 0 aromatic carbocycles. The topological polar surface area (TPSA) is 201 Å². The number of oxime groups is 1. The quantitative estimate of drug-likeness (QED) is 0.0686.